The summed E-state index contributed by atoms with van der Waals surface area (Å²) < 4.78 is 4.70. The number of pyridine rings is 1. The molecule has 9 heteroatoms. The smallest absolute Gasteiger partial charge is 0.254 e. The number of nitrogens with zero attached hydrogens (tertiary/aromatic N) is 5. The zero-order chi connectivity index (χ0) is 21.8. The molecule has 31 heavy (non-hydrogen) atoms. The first-order valence-corrected chi connectivity index (χ1v) is 11.1. The minimum Gasteiger partial charge on any atom is -0.357 e. The predicted octanol–water partition coefficient (Wildman–Crippen LogP) is 2.46. The summed E-state index contributed by atoms with van der Waals surface area (Å²) in [6, 6.07) is 3.61. The van der Waals surface area contributed by atoms with Gasteiger partial charge in [-0.1, -0.05) is 10.3 Å². The van der Waals surface area contributed by atoms with Crippen molar-refractivity contribution < 1.29 is 14.2 Å². The molecule has 2 amide bonds. The Balaban J connectivity index is 1.51. The van der Waals surface area contributed by atoms with E-state index in [1.807, 2.05) is 13.0 Å². The summed E-state index contributed by atoms with van der Waals surface area (Å²) in [5.74, 6) is 0.522. The quantitative estimate of drug-likeness (QED) is 0.783. The van der Waals surface area contributed by atoms with Crippen molar-refractivity contribution in [2.45, 2.75) is 64.5 Å². The first-order chi connectivity index (χ1) is 15.0. The van der Waals surface area contributed by atoms with Gasteiger partial charge in [0.15, 0.2) is 0 Å². The summed E-state index contributed by atoms with van der Waals surface area (Å²) in [7, 11) is 0. The summed E-state index contributed by atoms with van der Waals surface area (Å²) >= 11 is 0. The third kappa shape index (κ3) is 4.40. The van der Waals surface area contributed by atoms with Gasteiger partial charge in [0.1, 0.15) is 22.7 Å². The summed E-state index contributed by atoms with van der Waals surface area (Å²) in [5.41, 5.74) is 0.887. The number of carbonyl (C=O) groups is 2. The molecule has 0 saturated carbocycles. The van der Waals surface area contributed by atoms with Gasteiger partial charge >= 0.3 is 0 Å². The van der Waals surface area contributed by atoms with E-state index < -0.39 is 5.54 Å². The zero-order valence-corrected chi connectivity index (χ0v) is 18.3. The van der Waals surface area contributed by atoms with Gasteiger partial charge in [0.05, 0.1) is 6.54 Å². The first-order valence-electron chi connectivity index (χ1n) is 11.1. The fourth-order valence-corrected chi connectivity index (χ4v) is 4.45. The van der Waals surface area contributed by atoms with Gasteiger partial charge in [0, 0.05) is 31.4 Å². The van der Waals surface area contributed by atoms with E-state index in [1.165, 1.54) is 6.42 Å². The van der Waals surface area contributed by atoms with E-state index in [1.54, 1.807) is 24.1 Å². The van der Waals surface area contributed by atoms with Crippen LogP contribution in [0.5, 0.6) is 0 Å². The molecular weight excluding hydrogens is 396 g/mol. The topological polar surface area (TPSA) is 104 Å². The number of piperidine rings is 2. The van der Waals surface area contributed by atoms with Crippen LogP contribution in [0.1, 0.15) is 67.2 Å². The van der Waals surface area contributed by atoms with Crippen LogP contribution in [-0.4, -0.2) is 57.2 Å². The van der Waals surface area contributed by atoms with Crippen molar-refractivity contribution in [3.8, 4) is 0 Å². The molecule has 2 fully saturated rings. The average Bonchev–Trinajstić information content (AvgIpc) is 3.22. The Labute approximate surface area is 182 Å². The largest absolute Gasteiger partial charge is 0.357 e. The van der Waals surface area contributed by atoms with Crippen LogP contribution in [0.4, 0.5) is 5.82 Å². The van der Waals surface area contributed by atoms with E-state index in [4.69, 9.17) is 4.63 Å². The number of aromatic nitrogens is 3. The molecule has 0 unspecified atom stereocenters. The molecule has 0 aromatic carbocycles. The van der Waals surface area contributed by atoms with Gasteiger partial charge in [-0.15, -0.1) is 0 Å². The number of aryl methyl sites for hydroxylation is 1. The zero-order valence-electron chi connectivity index (χ0n) is 18.3. The standard InChI is InChI=1S/C22H30N6O3/c1-16-18(26-31-25-16)15-24-21(30)22(2)9-4-7-13-28(22)20(29)17-8-10-23-19(14-17)27-11-5-3-6-12-27/h8,10,14H,3-7,9,11-13,15H2,1-2H3,(H,24,30)/t22-/m0/s1. The fourth-order valence-electron chi connectivity index (χ4n) is 4.45. The van der Waals surface area contributed by atoms with Crippen molar-refractivity contribution in [2.24, 2.45) is 0 Å². The summed E-state index contributed by atoms with van der Waals surface area (Å²) in [4.78, 5) is 35.1. The van der Waals surface area contributed by atoms with Gasteiger partial charge in [-0.3, -0.25) is 9.59 Å². The van der Waals surface area contributed by atoms with Gasteiger partial charge in [-0.25, -0.2) is 9.61 Å². The lowest BCUT2D eigenvalue weighted by Crippen LogP contribution is -2.60. The van der Waals surface area contributed by atoms with E-state index in [0.717, 1.165) is 44.6 Å². The molecule has 2 aliphatic heterocycles. The number of likely N-dealkylation sites (tertiary alicyclic amines) is 1. The Kier molecular flexibility index (Phi) is 6.20. The summed E-state index contributed by atoms with van der Waals surface area (Å²) in [6.45, 7) is 6.32. The molecule has 9 nitrogen and oxygen atoms in total. The van der Waals surface area contributed by atoms with E-state index in [0.29, 0.717) is 29.9 Å². The molecule has 2 aromatic heterocycles. The van der Waals surface area contributed by atoms with Crippen molar-refractivity contribution in [3.05, 3.63) is 35.3 Å². The molecule has 0 spiro atoms. The molecule has 1 N–H and O–H groups in total. The molecule has 0 bridgehead atoms. The van der Waals surface area contributed by atoms with Crippen LogP contribution >= 0.6 is 0 Å². The first kappa shape index (κ1) is 21.3. The van der Waals surface area contributed by atoms with E-state index in [2.05, 4.69) is 25.5 Å². The third-order valence-corrected chi connectivity index (χ3v) is 6.46. The van der Waals surface area contributed by atoms with Crippen LogP contribution in [0.2, 0.25) is 0 Å². The van der Waals surface area contributed by atoms with E-state index in [9.17, 15) is 9.59 Å². The summed E-state index contributed by atoms with van der Waals surface area (Å²) in [5, 5.41) is 10.5. The van der Waals surface area contributed by atoms with Crippen LogP contribution in [-0.2, 0) is 11.3 Å². The molecule has 2 aliphatic rings. The van der Waals surface area contributed by atoms with Gasteiger partial charge in [0.2, 0.25) is 5.91 Å². The lowest BCUT2D eigenvalue weighted by atomic mass is 9.86. The van der Waals surface area contributed by atoms with Crippen molar-refractivity contribution in [1.82, 2.24) is 25.5 Å². The highest BCUT2D eigenvalue weighted by Crippen LogP contribution is 2.30. The predicted molar refractivity (Wildman–Crippen MR) is 114 cm³/mol. The van der Waals surface area contributed by atoms with Gasteiger partial charge in [0.25, 0.3) is 5.91 Å². The van der Waals surface area contributed by atoms with Crippen molar-refractivity contribution in [3.63, 3.8) is 0 Å². The van der Waals surface area contributed by atoms with E-state index >= 15 is 0 Å². The molecule has 2 aromatic rings. The lowest BCUT2D eigenvalue weighted by Gasteiger charge is -2.43. The molecule has 1 atom stereocenters. The van der Waals surface area contributed by atoms with Crippen molar-refractivity contribution >= 4 is 17.6 Å². The highest BCUT2D eigenvalue weighted by Gasteiger charge is 2.44. The number of amides is 2. The molecule has 4 heterocycles. The monoisotopic (exact) mass is 426 g/mol. The van der Waals surface area contributed by atoms with Crippen LogP contribution in [0.15, 0.2) is 23.0 Å². The molecule has 0 aliphatic carbocycles. The second-order valence-electron chi connectivity index (χ2n) is 8.62. The second-order valence-corrected chi connectivity index (χ2v) is 8.62. The lowest BCUT2D eigenvalue weighted by molar-refractivity contribution is -0.133. The maximum absolute atomic E-state index is 13.5. The van der Waals surface area contributed by atoms with Crippen molar-refractivity contribution in [1.29, 1.82) is 0 Å². The Hall–Kier alpha value is -2.97. The van der Waals surface area contributed by atoms with Crippen LogP contribution < -0.4 is 10.2 Å². The SMILES string of the molecule is Cc1nonc1CNC(=O)[C@]1(C)CCCCN1C(=O)c1ccnc(N2CCCCC2)c1. The molecule has 4 rings (SSSR count). The highest BCUT2D eigenvalue weighted by molar-refractivity contribution is 5.99. The minimum absolute atomic E-state index is 0.128. The van der Waals surface area contributed by atoms with Crippen molar-refractivity contribution in [2.75, 3.05) is 24.5 Å². The van der Waals surface area contributed by atoms with Crippen LogP contribution in [0, 0.1) is 6.92 Å². The third-order valence-electron chi connectivity index (χ3n) is 6.46. The molecular formula is C22H30N6O3. The van der Waals surface area contributed by atoms with E-state index in [-0.39, 0.29) is 18.4 Å². The number of carbonyl (C=O) groups excluding carboxylic acids is 2. The Morgan fingerprint density at radius 2 is 1.90 bits per heavy atom. The molecule has 0 radical (unpaired) electrons. The van der Waals surface area contributed by atoms with Gasteiger partial charge < -0.3 is 15.1 Å². The van der Waals surface area contributed by atoms with Crippen LogP contribution in [0.3, 0.4) is 0 Å². The normalized spacial score (nSPS) is 21.7. The average molecular weight is 427 g/mol. The number of nitrogens with one attached hydrogen (secondary N) is 1. The number of hydrogen-bond acceptors (Lipinski definition) is 7. The fraction of sp³-hybridized carbons (Fsp3) is 0.591. The minimum atomic E-state index is -0.922. The molecule has 166 valence electrons. The molecule has 2 saturated heterocycles. The highest BCUT2D eigenvalue weighted by atomic mass is 16.6. The second kappa shape index (κ2) is 9.03. The Bertz CT molecular complexity index is 939. The number of rotatable bonds is 5. The van der Waals surface area contributed by atoms with Gasteiger partial charge in [-0.05, 0) is 64.5 Å². The van der Waals surface area contributed by atoms with Gasteiger partial charge in [-0.2, -0.15) is 0 Å². The Morgan fingerprint density at radius 1 is 1.13 bits per heavy atom. The van der Waals surface area contributed by atoms with Crippen LogP contribution in [0.25, 0.3) is 0 Å². The number of hydrogen-bond donors (Lipinski definition) is 1. The Morgan fingerprint density at radius 3 is 2.65 bits per heavy atom. The summed E-state index contributed by atoms with van der Waals surface area (Å²) in [6.07, 6.45) is 7.61. The number of anilines is 1. The maximum Gasteiger partial charge on any atom is 0.254 e. The maximum atomic E-state index is 13.5.